The molecular formula is C24H38O5. The fourth-order valence-corrected chi connectivity index (χ4v) is 6.54. The third-order valence-electron chi connectivity index (χ3n) is 8.26. The van der Waals surface area contributed by atoms with Crippen LogP contribution in [0.1, 0.15) is 72.1 Å². The van der Waals surface area contributed by atoms with Crippen molar-refractivity contribution in [1.82, 2.24) is 0 Å². The van der Waals surface area contributed by atoms with Gasteiger partial charge in [-0.15, -0.1) is 0 Å². The molecule has 4 N–H and O–H groups in total. The van der Waals surface area contributed by atoms with E-state index in [2.05, 4.69) is 26.0 Å². The summed E-state index contributed by atoms with van der Waals surface area (Å²) >= 11 is 0. The van der Waals surface area contributed by atoms with Gasteiger partial charge in [0.1, 0.15) is 0 Å². The van der Waals surface area contributed by atoms with Crippen LogP contribution >= 0.6 is 0 Å². The average molecular weight is 407 g/mol. The summed E-state index contributed by atoms with van der Waals surface area (Å²) in [6, 6.07) is 0. The van der Waals surface area contributed by atoms with E-state index in [0.29, 0.717) is 31.1 Å². The Morgan fingerprint density at radius 3 is 2.62 bits per heavy atom. The zero-order valence-corrected chi connectivity index (χ0v) is 18.1. The van der Waals surface area contributed by atoms with E-state index in [9.17, 15) is 20.1 Å². The summed E-state index contributed by atoms with van der Waals surface area (Å²) in [5.74, 6) is 0.0568. The molecule has 5 nitrogen and oxygen atoms in total. The van der Waals surface area contributed by atoms with Gasteiger partial charge in [-0.1, -0.05) is 44.1 Å². The van der Waals surface area contributed by atoms with Crippen molar-refractivity contribution in [1.29, 1.82) is 0 Å². The molecule has 0 aliphatic heterocycles. The number of hydrogen-bond acceptors (Lipinski definition) is 4. The van der Waals surface area contributed by atoms with Crippen LogP contribution < -0.4 is 0 Å². The average Bonchev–Trinajstić information content (AvgIpc) is 3.00. The van der Waals surface area contributed by atoms with Crippen LogP contribution in [-0.2, 0) is 4.79 Å². The highest BCUT2D eigenvalue weighted by Gasteiger charge is 2.50. The first-order chi connectivity index (χ1) is 13.6. The van der Waals surface area contributed by atoms with Gasteiger partial charge in [0, 0.05) is 12.3 Å². The molecule has 0 aromatic heterocycles. The molecule has 0 radical (unpaired) electrons. The van der Waals surface area contributed by atoms with Gasteiger partial charge in [0.15, 0.2) is 6.10 Å². The SMILES string of the molecule is C[C@H](CC(O)C(=O)O)[C@H]1CC[C@H]2C(=C/C=C3/C[C@H](O)C[C@@H](O)[C@@H]3C)CCC[C@]12C. The molecule has 3 aliphatic carbocycles. The van der Waals surface area contributed by atoms with Crippen molar-refractivity contribution in [3.8, 4) is 0 Å². The summed E-state index contributed by atoms with van der Waals surface area (Å²) in [6.07, 6.45) is 9.15. The Hall–Kier alpha value is -1.17. The summed E-state index contributed by atoms with van der Waals surface area (Å²) in [5, 5.41) is 39.1. The van der Waals surface area contributed by atoms with Crippen LogP contribution in [-0.4, -0.2) is 44.7 Å². The third-order valence-corrected chi connectivity index (χ3v) is 8.26. The topological polar surface area (TPSA) is 98.0 Å². The van der Waals surface area contributed by atoms with Crippen molar-refractivity contribution in [2.24, 2.45) is 29.1 Å². The molecule has 3 aliphatic rings. The molecule has 164 valence electrons. The number of allylic oxidation sites excluding steroid dienone is 3. The lowest BCUT2D eigenvalue weighted by Gasteiger charge is -2.44. The van der Waals surface area contributed by atoms with Crippen molar-refractivity contribution >= 4 is 5.97 Å². The van der Waals surface area contributed by atoms with Crippen LogP contribution in [0.25, 0.3) is 0 Å². The van der Waals surface area contributed by atoms with Crippen molar-refractivity contribution in [2.45, 2.75) is 90.4 Å². The minimum absolute atomic E-state index is 0.0825. The maximum absolute atomic E-state index is 11.1. The molecule has 0 spiro atoms. The quantitative estimate of drug-likeness (QED) is 0.558. The number of carboxylic acids is 1. The van der Waals surface area contributed by atoms with Gasteiger partial charge in [-0.25, -0.2) is 4.79 Å². The Balaban J connectivity index is 1.76. The smallest absolute Gasteiger partial charge is 0.332 e. The fraction of sp³-hybridized carbons (Fsp3) is 0.792. The minimum Gasteiger partial charge on any atom is -0.479 e. The first kappa shape index (κ1) is 22.5. The number of aliphatic hydroxyl groups is 3. The van der Waals surface area contributed by atoms with Crippen LogP contribution in [0.5, 0.6) is 0 Å². The van der Waals surface area contributed by atoms with Gasteiger partial charge in [-0.05, 0) is 68.1 Å². The lowest BCUT2D eigenvalue weighted by Crippen LogP contribution is -2.37. The highest BCUT2D eigenvalue weighted by Crippen LogP contribution is 2.59. The maximum Gasteiger partial charge on any atom is 0.332 e. The van der Waals surface area contributed by atoms with Gasteiger partial charge < -0.3 is 20.4 Å². The number of carboxylic acid groups (broad SMARTS) is 1. The zero-order chi connectivity index (χ0) is 21.3. The van der Waals surface area contributed by atoms with Crippen molar-refractivity contribution < 1.29 is 25.2 Å². The fourth-order valence-electron chi connectivity index (χ4n) is 6.54. The van der Waals surface area contributed by atoms with Crippen LogP contribution in [0.2, 0.25) is 0 Å². The standard InChI is InChI=1S/C24H38O5/c1-14(11-22(27)23(28)29)19-8-9-20-16(5-4-10-24(19,20)3)6-7-17-12-18(25)13-21(26)15(17)2/h6-7,14-15,18-22,25-27H,4-5,8-13H2,1-3H3,(H,28,29)/b16-6?,17-7-/t14-,15-,18+,19-,20+,21-,22?,24-/m1/s1. The summed E-state index contributed by atoms with van der Waals surface area (Å²) in [7, 11) is 0. The monoisotopic (exact) mass is 406 g/mol. The number of aliphatic carboxylic acids is 1. The van der Waals surface area contributed by atoms with Gasteiger partial charge in [0.25, 0.3) is 0 Å². The number of fused-ring (bicyclic) bond motifs is 1. The predicted octanol–water partition coefficient (Wildman–Crippen LogP) is 3.68. The summed E-state index contributed by atoms with van der Waals surface area (Å²) in [5.41, 5.74) is 2.74. The summed E-state index contributed by atoms with van der Waals surface area (Å²) < 4.78 is 0. The van der Waals surface area contributed by atoms with E-state index in [1.165, 1.54) is 5.57 Å². The molecule has 0 aromatic rings. The molecule has 29 heavy (non-hydrogen) atoms. The Kier molecular flexibility index (Phi) is 6.91. The van der Waals surface area contributed by atoms with E-state index in [1.54, 1.807) is 0 Å². The number of hydrogen-bond donors (Lipinski definition) is 4. The van der Waals surface area contributed by atoms with E-state index in [-0.39, 0.29) is 17.3 Å². The van der Waals surface area contributed by atoms with E-state index in [4.69, 9.17) is 5.11 Å². The van der Waals surface area contributed by atoms with Gasteiger partial charge in [0.2, 0.25) is 0 Å². The third kappa shape index (κ3) is 4.62. The molecule has 8 atom stereocenters. The maximum atomic E-state index is 11.1. The van der Waals surface area contributed by atoms with E-state index in [1.807, 2.05) is 6.92 Å². The Bertz CT molecular complexity index is 668. The first-order valence-electron chi connectivity index (χ1n) is 11.3. The molecule has 0 heterocycles. The number of aliphatic hydroxyl groups excluding tert-OH is 3. The highest BCUT2D eigenvalue weighted by atomic mass is 16.4. The van der Waals surface area contributed by atoms with Crippen molar-refractivity contribution in [3.63, 3.8) is 0 Å². The molecule has 3 rings (SSSR count). The summed E-state index contributed by atoms with van der Waals surface area (Å²) in [4.78, 5) is 11.1. The Labute approximate surface area is 174 Å². The molecular weight excluding hydrogens is 368 g/mol. The predicted molar refractivity (Wildman–Crippen MR) is 112 cm³/mol. The molecule has 0 saturated heterocycles. The van der Waals surface area contributed by atoms with Crippen LogP contribution in [0.4, 0.5) is 0 Å². The van der Waals surface area contributed by atoms with Crippen molar-refractivity contribution in [3.05, 3.63) is 23.3 Å². The molecule has 0 bridgehead atoms. The van der Waals surface area contributed by atoms with Crippen LogP contribution in [0.15, 0.2) is 23.3 Å². The molecule has 3 saturated carbocycles. The van der Waals surface area contributed by atoms with E-state index >= 15 is 0 Å². The normalized spacial score (nSPS) is 42.6. The molecule has 0 aromatic carbocycles. The van der Waals surface area contributed by atoms with Crippen LogP contribution in [0, 0.1) is 29.1 Å². The lowest BCUT2D eigenvalue weighted by atomic mass is 9.60. The van der Waals surface area contributed by atoms with Crippen LogP contribution in [0.3, 0.4) is 0 Å². The molecule has 1 unspecified atom stereocenters. The highest BCUT2D eigenvalue weighted by molar-refractivity contribution is 5.71. The van der Waals surface area contributed by atoms with Gasteiger partial charge in [0.05, 0.1) is 12.2 Å². The van der Waals surface area contributed by atoms with Crippen molar-refractivity contribution in [2.75, 3.05) is 0 Å². The first-order valence-corrected chi connectivity index (χ1v) is 11.3. The van der Waals surface area contributed by atoms with Gasteiger partial charge in [-0.3, -0.25) is 0 Å². The Morgan fingerprint density at radius 1 is 1.24 bits per heavy atom. The molecule has 5 heteroatoms. The van der Waals surface area contributed by atoms with E-state index < -0.39 is 24.3 Å². The second kappa shape index (κ2) is 8.91. The second-order valence-electron chi connectivity index (χ2n) is 10.1. The van der Waals surface area contributed by atoms with Gasteiger partial charge in [-0.2, -0.15) is 0 Å². The largest absolute Gasteiger partial charge is 0.479 e. The van der Waals surface area contributed by atoms with Gasteiger partial charge >= 0.3 is 5.97 Å². The second-order valence-corrected chi connectivity index (χ2v) is 10.1. The number of carbonyl (C=O) groups is 1. The number of rotatable bonds is 5. The molecule has 3 fully saturated rings. The molecule has 0 amide bonds. The Morgan fingerprint density at radius 2 is 1.93 bits per heavy atom. The zero-order valence-electron chi connectivity index (χ0n) is 18.1. The van der Waals surface area contributed by atoms with E-state index in [0.717, 1.165) is 37.7 Å². The lowest BCUT2D eigenvalue weighted by molar-refractivity contribution is -0.147. The summed E-state index contributed by atoms with van der Waals surface area (Å²) in [6.45, 7) is 6.49. The minimum atomic E-state index is -1.28.